The summed E-state index contributed by atoms with van der Waals surface area (Å²) in [6, 6.07) is 20.9. The van der Waals surface area contributed by atoms with Crippen LogP contribution in [0.1, 0.15) is 30.9 Å². The number of amides is 1. The van der Waals surface area contributed by atoms with E-state index in [0.29, 0.717) is 18.9 Å². The summed E-state index contributed by atoms with van der Waals surface area (Å²) in [6.45, 7) is 2.61. The van der Waals surface area contributed by atoms with Gasteiger partial charge in [0.25, 0.3) is 0 Å². The summed E-state index contributed by atoms with van der Waals surface area (Å²) < 4.78 is 0. The van der Waals surface area contributed by atoms with Gasteiger partial charge in [0, 0.05) is 19.0 Å². The summed E-state index contributed by atoms with van der Waals surface area (Å²) in [5, 5.41) is 3.00. The first-order valence-corrected chi connectivity index (χ1v) is 8.73. The SMILES string of the molecule is CC(N)CCNC(=O)CC(Cc1ccccc1)Cc1ccccc1. The molecule has 2 rings (SSSR count). The van der Waals surface area contributed by atoms with Gasteiger partial charge in [-0.05, 0) is 43.2 Å². The summed E-state index contributed by atoms with van der Waals surface area (Å²) in [4.78, 5) is 12.3. The molecule has 0 aliphatic heterocycles. The van der Waals surface area contributed by atoms with Crippen LogP contribution in [0.5, 0.6) is 0 Å². The second-order valence-corrected chi connectivity index (χ2v) is 6.57. The Morgan fingerprint density at radius 2 is 1.46 bits per heavy atom. The predicted molar refractivity (Wildman–Crippen MR) is 99.7 cm³/mol. The minimum Gasteiger partial charge on any atom is -0.356 e. The van der Waals surface area contributed by atoms with Gasteiger partial charge in [0.15, 0.2) is 0 Å². The van der Waals surface area contributed by atoms with Gasteiger partial charge in [-0.1, -0.05) is 60.7 Å². The zero-order valence-electron chi connectivity index (χ0n) is 14.4. The van der Waals surface area contributed by atoms with Gasteiger partial charge in [-0.25, -0.2) is 0 Å². The van der Waals surface area contributed by atoms with Crippen molar-refractivity contribution in [2.75, 3.05) is 6.54 Å². The highest BCUT2D eigenvalue weighted by molar-refractivity contribution is 5.76. The molecule has 0 fully saturated rings. The lowest BCUT2D eigenvalue weighted by molar-refractivity contribution is -0.122. The highest BCUT2D eigenvalue weighted by atomic mass is 16.1. The van der Waals surface area contributed by atoms with Crippen LogP contribution in [0.3, 0.4) is 0 Å². The molecular weight excluding hydrogens is 296 g/mol. The molecule has 1 amide bonds. The highest BCUT2D eigenvalue weighted by Gasteiger charge is 2.15. The number of nitrogens with one attached hydrogen (secondary N) is 1. The molecule has 0 bridgehead atoms. The molecule has 2 aromatic carbocycles. The zero-order valence-corrected chi connectivity index (χ0v) is 14.4. The van der Waals surface area contributed by atoms with Gasteiger partial charge in [0.1, 0.15) is 0 Å². The average molecular weight is 324 g/mol. The van der Waals surface area contributed by atoms with E-state index in [4.69, 9.17) is 5.73 Å². The summed E-state index contributed by atoms with van der Waals surface area (Å²) in [5.74, 6) is 0.414. The highest BCUT2D eigenvalue weighted by Crippen LogP contribution is 2.18. The molecule has 1 unspecified atom stereocenters. The zero-order chi connectivity index (χ0) is 17.2. The first kappa shape index (κ1) is 18.2. The Hall–Kier alpha value is -2.13. The lowest BCUT2D eigenvalue weighted by atomic mass is 9.89. The quantitative estimate of drug-likeness (QED) is 0.743. The van der Waals surface area contributed by atoms with Crippen LogP contribution in [0.15, 0.2) is 60.7 Å². The van der Waals surface area contributed by atoms with Crippen LogP contribution in [0.2, 0.25) is 0 Å². The van der Waals surface area contributed by atoms with Crippen LogP contribution in [0.25, 0.3) is 0 Å². The second-order valence-electron chi connectivity index (χ2n) is 6.57. The average Bonchev–Trinajstić information content (AvgIpc) is 2.56. The van der Waals surface area contributed by atoms with Gasteiger partial charge in [-0.15, -0.1) is 0 Å². The number of hydrogen-bond acceptors (Lipinski definition) is 2. The van der Waals surface area contributed by atoms with E-state index >= 15 is 0 Å². The molecule has 0 aliphatic rings. The third-order valence-electron chi connectivity index (χ3n) is 4.13. The molecule has 0 saturated carbocycles. The van der Waals surface area contributed by atoms with Crippen molar-refractivity contribution < 1.29 is 4.79 Å². The van der Waals surface area contributed by atoms with Crippen molar-refractivity contribution in [3.63, 3.8) is 0 Å². The van der Waals surface area contributed by atoms with Crippen molar-refractivity contribution in [3.05, 3.63) is 71.8 Å². The fraction of sp³-hybridized carbons (Fsp3) is 0.381. The van der Waals surface area contributed by atoms with E-state index in [1.807, 2.05) is 19.1 Å². The summed E-state index contributed by atoms with van der Waals surface area (Å²) in [5.41, 5.74) is 8.29. The molecule has 3 nitrogen and oxygen atoms in total. The molecule has 24 heavy (non-hydrogen) atoms. The Kier molecular flexibility index (Phi) is 7.50. The molecule has 3 N–H and O–H groups in total. The summed E-state index contributed by atoms with van der Waals surface area (Å²) in [6.07, 6.45) is 3.18. The van der Waals surface area contributed by atoms with E-state index in [9.17, 15) is 4.79 Å². The molecular formula is C21H28N2O. The smallest absolute Gasteiger partial charge is 0.220 e. The first-order chi connectivity index (χ1) is 11.6. The normalized spacial score (nSPS) is 12.1. The Morgan fingerprint density at radius 1 is 0.958 bits per heavy atom. The van der Waals surface area contributed by atoms with Gasteiger partial charge < -0.3 is 11.1 Å². The molecule has 3 heteroatoms. The molecule has 128 valence electrons. The van der Waals surface area contributed by atoms with Crippen molar-refractivity contribution in [3.8, 4) is 0 Å². The minimum absolute atomic E-state index is 0.118. The third-order valence-corrected chi connectivity index (χ3v) is 4.13. The van der Waals surface area contributed by atoms with Crippen molar-refractivity contribution in [2.24, 2.45) is 11.7 Å². The molecule has 2 aromatic rings. The summed E-state index contributed by atoms with van der Waals surface area (Å²) in [7, 11) is 0. The number of carbonyl (C=O) groups is 1. The standard InChI is InChI=1S/C21H28N2O/c1-17(22)12-13-23-21(24)16-20(14-18-8-4-2-5-9-18)15-19-10-6-3-7-11-19/h2-11,17,20H,12-16,22H2,1H3,(H,23,24). The molecule has 0 aromatic heterocycles. The fourth-order valence-corrected chi connectivity index (χ4v) is 2.88. The number of benzene rings is 2. The van der Waals surface area contributed by atoms with Gasteiger partial charge >= 0.3 is 0 Å². The fourth-order valence-electron chi connectivity index (χ4n) is 2.88. The topological polar surface area (TPSA) is 55.1 Å². The largest absolute Gasteiger partial charge is 0.356 e. The minimum atomic E-state index is 0.118. The van der Waals surface area contributed by atoms with Crippen LogP contribution in [0.4, 0.5) is 0 Å². The number of rotatable bonds is 9. The Bertz CT molecular complexity index is 554. The summed E-state index contributed by atoms with van der Waals surface area (Å²) >= 11 is 0. The monoisotopic (exact) mass is 324 g/mol. The maximum absolute atomic E-state index is 12.3. The maximum Gasteiger partial charge on any atom is 0.220 e. The van der Waals surface area contributed by atoms with Gasteiger partial charge in [-0.3, -0.25) is 4.79 Å². The van der Waals surface area contributed by atoms with Gasteiger partial charge in [-0.2, -0.15) is 0 Å². The van der Waals surface area contributed by atoms with Crippen LogP contribution < -0.4 is 11.1 Å². The molecule has 1 atom stereocenters. The van der Waals surface area contributed by atoms with Crippen LogP contribution in [0, 0.1) is 5.92 Å². The second kappa shape index (κ2) is 9.89. The Balaban J connectivity index is 1.95. The van der Waals surface area contributed by atoms with E-state index in [1.165, 1.54) is 11.1 Å². The van der Waals surface area contributed by atoms with Crippen LogP contribution in [-0.2, 0) is 17.6 Å². The van der Waals surface area contributed by atoms with Crippen molar-refractivity contribution >= 4 is 5.91 Å². The molecule has 0 heterocycles. The number of carbonyl (C=O) groups excluding carboxylic acids is 1. The van der Waals surface area contributed by atoms with Crippen LogP contribution in [-0.4, -0.2) is 18.5 Å². The van der Waals surface area contributed by atoms with Crippen molar-refractivity contribution in [1.82, 2.24) is 5.32 Å². The predicted octanol–water partition coefficient (Wildman–Crippen LogP) is 3.33. The molecule has 0 saturated heterocycles. The van der Waals surface area contributed by atoms with E-state index < -0.39 is 0 Å². The van der Waals surface area contributed by atoms with Crippen molar-refractivity contribution in [1.29, 1.82) is 0 Å². The lowest BCUT2D eigenvalue weighted by Gasteiger charge is -2.17. The van der Waals surface area contributed by atoms with E-state index in [0.717, 1.165) is 19.3 Å². The van der Waals surface area contributed by atoms with Gasteiger partial charge in [0.05, 0.1) is 0 Å². The molecule has 0 spiro atoms. The number of hydrogen-bond donors (Lipinski definition) is 2. The van der Waals surface area contributed by atoms with E-state index in [2.05, 4.69) is 53.8 Å². The molecule has 0 aliphatic carbocycles. The number of nitrogens with two attached hydrogens (primary N) is 1. The Morgan fingerprint density at radius 3 is 1.92 bits per heavy atom. The lowest BCUT2D eigenvalue weighted by Crippen LogP contribution is -2.30. The van der Waals surface area contributed by atoms with Crippen molar-refractivity contribution in [2.45, 2.75) is 38.6 Å². The van der Waals surface area contributed by atoms with Gasteiger partial charge in [0.2, 0.25) is 5.91 Å². The Labute approximate surface area is 145 Å². The van der Waals surface area contributed by atoms with E-state index in [1.54, 1.807) is 0 Å². The van der Waals surface area contributed by atoms with Crippen LogP contribution >= 0.6 is 0 Å². The third kappa shape index (κ3) is 6.97. The van der Waals surface area contributed by atoms with E-state index in [-0.39, 0.29) is 11.9 Å². The first-order valence-electron chi connectivity index (χ1n) is 8.73. The maximum atomic E-state index is 12.3. The molecule has 0 radical (unpaired) electrons.